The molecule has 1 amide bonds. The Morgan fingerprint density at radius 1 is 0.522 bits per heavy atom. The molecule has 2 rings (SSSR count). The maximum Gasteiger partial charge on any atom is 0.220 e. The number of ether oxygens (including phenoxy) is 4. The summed E-state index contributed by atoms with van der Waals surface area (Å²) < 4.78 is 22.7. The van der Waals surface area contributed by atoms with Crippen molar-refractivity contribution in [1.82, 2.24) is 5.32 Å². The second-order valence-corrected chi connectivity index (χ2v) is 19.0. The number of unbranched alkanes of at least 4 members (excludes halogenated alkanes) is 24. The van der Waals surface area contributed by atoms with Crippen molar-refractivity contribution < 1.29 is 64.6 Å². The SMILES string of the molecule is CCCCCCCC/C=C/CC/C=C/C(O)C(COC1OC(CO)C(OC2OC(CO)C(O)C(O)C2O)C(O)C1O)NC(=O)CCCCCCCCCCC/C=C\CCCCCCCCCC. The lowest BCUT2D eigenvalue weighted by Gasteiger charge is -2.46. The molecule has 2 heterocycles. The van der Waals surface area contributed by atoms with Crippen LogP contribution in [-0.2, 0) is 23.7 Å². The minimum Gasteiger partial charge on any atom is -0.394 e. The van der Waals surface area contributed by atoms with Crippen molar-refractivity contribution in [2.24, 2.45) is 0 Å². The number of hydrogen-bond acceptors (Lipinski definition) is 13. The zero-order chi connectivity index (χ0) is 48.9. The Labute approximate surface area is 404 Å². The smallest absolute Gasteiger partial charge is 0.220 e. The number of allylic oxidation sites excluding steroid dienone is 5. The molecular weight excluding hydrogens is 859 g/mol. The van der Waals surface area contributed by atoms with Gasteiger partial charge in [-0.2, -0.15) is 0 Å². The van der Waals surface area contributed by atoms with E-state index in [4.69, 9.17) is 18.9 Å². The van der Waals surface area contributed by atoms with Crippen LogP contribution in [0.3, 0.4) is 0 Å². The number of carbonyl (C=O) groups excluding carboxylic acids is 1. The quantitative estimate of drug-likeness (QED) is 0.0214. The van der Waals surface area contributed by atoms with Gasteiger partial charge in [-0.3, -0.25) is 4.79 Å². The molecular formula is C53H97NO13. The number of aliphatic hydroxyl groups excluding tert-OH is 8. The first-order valence-electron chi connectivity index (χ1n) is 26.7. The first-order valence-corrected chi connectivity index (χ1v) is 26.7. The third-order valence-corrected chi connectivity index (χ3v) is 13.0. The Hall–Kier alpha value is -1.79. The molecule has 12 atom stereocenters. The summed E-state index contributed by atoms with van der Waals surface area (Å²) in [4.78, 5) is 13.2. The molecule has 9 N–H and O–H groups in total. The van der Waals surface area contributed by atoms with Crippen LogP contribution in [0.1, 0.15) is 200 Å². The van der Waals surface area contributed by atoms with Gasteiger partial charge in [0.1, 0.15) is 48.8 Å². The van der Waals surface area contributed by atoms with Crippen LogP contribution in [0.25, 0.3) is 0 Å². The largest absolute Gasteiger partial charge is 0.394 e. The predicted octanol–water partition coefficient (Wildman–Crippen LogP) is 7.49. The van der Waals surface area contributed by atoms with E-state index < -0.39 is 86.8 Å². The number of nitrogens with one attached hydrogen (secondary N) is 1. The van der Waals surface area contributed by atoms with E-state index in [-0.39, 0.29) is 18.9 Å². The average Bonchev–Trinajstić information content (AvgIpc) is 3.32. The second-order valence-electron chi connectivity index (χ2n) is 19.0. The fourth-order valence-electron chi connectivity index (χ4n) is 8.65. The minimum atomic E-state index is -1.79. The highest BCUT2D eigenvalue weighted by molar-refractivity contribution is 5.76. The molecule has 0 spiro atoms. The van der Waals surface area contributed by atoms with Gasteiger partial charge in [0.05, 0.1) is 32.0 Å². The van der Waals surface area contributed by atoms with Crippen LogP contribution < -0.4 is 5.32 Å². The summed E-state index contributed by atoms with van der Waals surface area (Å²) in [6.07, 6.45) is 29.0. The average molecular weight is 956 g/mol. The second kappa shape index (κ2) is 39.9. The molecule has 2 aliphatic rings. The number of rotatable bonds is 41. The van der Waals surface area contributed by atoms with Crippen LogP contribution in [0, 0.1) is 0 Å². The molecule has 67 heavy (non-hydrogen) atoms. The van der Waals surface area contributed by atoms with Gasteiger partial charge in [0.25, 0.3) is 0 Å². The molecule has 14 nitrogen and oxygen atoms in total. The van der Waals surface area contributed by atoms with Gasteiger partial charge in [-0.15, -0.1) is 0 Å². The summed E-state index contributed by atoms with van der Waals surface area (Å²) in [5.41, 5.74) is 0. The van der Waals surface area contributed by atoms with E-state index in [2.05, 4.69) is 43.5 Å². The third kappa shape index (κ3) is 26.8. The first-order chi connectivity index (χ1) is 32.6. The van der Waals surface area contributed by atoms with E-state index in [0.717, 1.165) is 32.1 Å². The highest BCUT2D eigenvalue weighted by Gasteiger charge is 2.51. The Kier molecular flexibility index (Phi) is 36.5. The summed E-state index contributed by atoms with van der Waals surface area (Å²) in [7, 11) is 0. The third-order valence-electron chi connectivity index (χ3n) is 13.0. The van der Waals surface area contributed by atoms with E-state index in [1.165, 1.54) is 135 Å². The molecule has 0 aromatic rings. The summed E-state index contributed by atoms with van der Waals surface area (Å²) in [6, 6.07) is -0.930. The molecule has 14 heteroatoms. The lowest BCUT2D eigenvalue weighted by molar-refractivity contribution is -0.359. The minimum absolute atomic E-state index is 0.253. The van der Waals surface area contributed by atoms with Crippen molar-refractivity contribution in [3.63, 3.8) is 0 Å². The molecule has 0 saturated carbocycles. The number of aliphatic hydroxyl groups is 8. The molecule has 0 bridgehead atoms. The van der Waals surface area contributed by atoms with Crippen LogP contribution in [-0.4, -0.2) is 140 Å². The van der Waals surface area contributed by atoms with Crippen LogP contribution in [0.4, 0.5) is 0 Å². The number of hydrogen-bond donors (Lipinski definition) is 9. The highest BCUT2D eigenvalue weighted by atomic mass is 16.7. The molecule has 2 saturated heterocycles. The molecule has 2 aliphatic heterocycles. The highest BCUT2D eigenvalue weighted by Crippen LogP contribution is 2.30. The van der Waals surface area contributed by atoms with Crippen molar-refractivity contribution >= 4 is 5.91 Å². The molecule has 0 aliphatic carbocycles. The molecule has 392 valence electrons. The fourth-order valence-corrected chi connectivity index (χ4v) is 8.65. The monoisotopic (exact) mass is 956 g/mol. The normalized spacial score (nSPS) is 26.8. The van der Waals surface area contributed by atoms with Crippen LogP contribution in [0.15, 0.2) is 36.5 Å². The molecule has 0 aromatic carbocycles. The Morgan fingerprint density at radius 2 is 0.955 bits per heavy atom. The molecule has 0 aromatic heterocycles. The van der Waals surface area contributed by atoms with Gasteiger partial charge in [-0.05, 0) is 57.8 Å². The van der Waals surface area contributed by atoms with Crippen LogP contribution >= 0.6 is 0 Å². The number of amides is 1. The summed E-state index contributed by atoms with van der Waals surface area (Å²) in [6.45, 7) is 2.75. The summed E-state index contributed by atoms with van der Waals surface area (Å²) >= 11 is 0. The van der Waals surface area contributed by atoms with Gasteiger partial charge < -0.3 is 65.1 Å². The number of carbonyl (C=O) groups is 1. The van der Waals surface area contributed by atoms with Crippen molar-refractivity contribution in [2.75, 3.05) is 19.8 Å². The van der Waals surface area contributed by atoms with Crippen molar-refractivity contribution in [2.45, 2.75) is 274 Å². The van der Waals surface area contributed by atoms with Crippen LogP contribution in [0.2, 0.25) is 0 Å². The van der Waals surface area contributed by atoms with E-state index in [1.54, 1.807) is 6.08 Å². The Balaban J connectivity index is 1.80. The maximum absolute atomic E-state index is 13.2. The molecule has 2 fully saturated rings. The lowest BCUT2D eigenvalue weighted by Crippen LogP contribution is -2.65. The van der Waals surface area contributed by atoms with E-state index in [9.17, 15) is 45.6 Å². The Bertz CT molecular complexity index is 1270. The standard InChI is InChI=1S/C53H97NO13/c1-3-5-7-9-11-13-15-17-18-19-20-21-22-23-24-25-27-29-31-33-35-37-45(58)54-41(42(57)36-34-32-30-28-26-16-14-12-10-8-6-4-2)40-64-52-50(63)48(61)51(44(39-56)66-52)67-53-49(62)47(60)46(59)43(38-55)65-53/h19-20,26,28,34,36,41-44,46-53,55-57,59-63H,3-18,21-25,27,29-33,35,37-40H2,1-2H3,(H,54,58)/b20-19-,28-26+,36-34+. The van der Waals surface area contributed by atoms with E-state index in [1.807, 2.05) is 6.08 Å². The summed E-state index contributed by atoms with van der Waals surface area (Å²) in [5, 5.41) is 86.7. The maximum atomic E-state index is 13.2. The van der Waals surface area contributed by atoms with Gasteiger partial charge in [0.2, 0.25) is 5.91 Å². The van der Waals surface area contributed by atoms with Gasteiger partial charge in [0.15, 0.2) is 12.6 Å². The lowest BCUT2D eigenvalue weighted by atomic mass is 9.97. The predicted molar refractivity (Wildman–Crippen MR) is 263 cm³/mol. The van der Waals surface area contributed by atoms with Crippen molar-refractivity contribution in [3.05, 3.63) is 36.5 Å². The molecule has 12 unspecified atom stereocenters. The topological polar surface area (TPSA) is 228 Å². The molecule has 0 radical (unpaired) electrons. The van der Waals surface area contributed by atoms with Gasteiger partial charge in [-0.1, -0.05) is 172 Å². The fraction of sp³-hybridized carbons (Fsp3) is 0.868. The van der Waals surface area contributed by atoms with Gasteiger partial charge in [-0.25, -0.2) is 0 Å². The van der Waals surface area contributed by atoms with E-state index in [0.29, 0.717) is 12.8 Å². The zero-order valence-electron chi connectivity index (χ0n) is 41.6. The Morgan fingerprint density at radius 3 is 1.46 bits per heavy atom. The first kappa shape index (κ1) is 61.3. The van der Waals surface area contributed by atoms with E-state index >= 15 is 0 Å². The van der Waals surface area contributed by atoms with Crippen molar-refractivity contribution in [3.8, 4) is 0 Å². The van der Waals surface area contributed by atoms with Gasteiger partial charge >= 0.3 is 0 Å². The van der Waals surface area contributed by atoms with Crippen LogP contribution in [0.5, 0.6) is 0 Å². The zero-order valence-corrected chi connectivity index (χ0v) is 41.6. The summed E-state index contributed by atoms with van der Waals surface area (Å²) in [5.74, 6) is -0.253. The van der Waals surface area contributed by atoms with Gasteiger partial charge in [0, 0.05) is 6.42 Å². The van der Waals surface area contributed by atoms with Crippen molar-refractivity contribution in [1.29, 1.82) is 0 Å².